The van der Waals surface area contributed by atoms with Crippen LogP contribution < -0.4 is 4.74 Å². The predicted octanol–water partition coefficient (Wildman–Crippen LogP) is 4.08. The molecule has 0 spiro atoms. The zero-order chi connectivity index (χ0) is 15.3. The fourth-order valence-corrected chi connectivity index (χ4v) is 2.49. The van der Waals surface area contributed by atoms with Gasteiger partial charge in [-0.2, -0.15) is 0 Å². The molecule has 0 aliphatic rings. The monoisotopic (exact) mass is 279 g/mol. The van der Waals surface area contributed by atoms with Crippen molar-refractivity contribution in [3.63, 3.8) is 0 Å². The minimum atomic E-state index is 0.197. The third-order valence-corrected chi connectivity index (χ3v) is 3.43. The van der Waals surface area contributed by atoms with Crippen LogP contribution in [0, 0.1) is 11.8 Å². The molecule has 20 heavy (non-hydrogen) atoms. The molecule has 1 rings (SSSR count). The first-order valence-electron chi connectivity index (χ1n) is 7.46. The Hall–Kier alpha value is -1.22. The summed E-state index contributed by atoms with van der Waals surface area (Å²) in [5.74, 6) is 2.01. The summed E-state index contributed by atoms with van der Waals surface area (Å²) in [6, 6.07) is 5.95. The van der Waals surface area contributed by atoms with Crippen molar-refractivity contribution >= 4 is 0 Å². The average Bonchev–Trinajstić information content (AvgIpc) is 2.36. The number of phenolic OH excluding ortho intramolecular Hbond substituents is 1. The Morgan fingerprint density at radius 2 is 1.60 bits per heavy atom. The first kappa shape index (κ1) is 16.8. The Bertz CT molecular complexity index is 405. The van der Waals surface area contributed by atoms with E-state index in [1.165, 1.54) is 5.56 Å². The van der Waals surface area contributed by atoms with Gasteiger partial charge < -0.3 is 9.84 Å². The van der Waals surface area contributed by atoms with Gasteiger partial charge in [0.2, 0.25) is 0 Å². The highest BCUT2D eigenvalue weighted by molar-refractivity contribution is 5.42. The summed E-state index contributed by atoms with van der Waals surface area (Å²) in [6.07, 6.45) is 0. The molecule has 0 aliphatic heterocycles. The highest BCUT2D eigenvalue weighted by Crippen LogP contribution is 2.31. The number of hydrogen-bond acceptors (Lipinski definition) is 3. The van der Waals surface area contributed by atoms with E-state index in [4.69, 9.17) is 4.74 Å². The maximum atomic E-state index is 9.71. The number of ether oxygens (including phenoxy) is 1. The minimum Gasteiger partial charge on any atom is -0.504 e. The van der Waals surface area contributed by atoms with E-state index >= 15 is 0 Å². The van der Waals surface area contributed by atoms with Crippen molar-refractivity contribution in [3.05, 3.63) is 23.8 Å². The standard InChI is InChI=1S/C17H29NO2/c1-12(2)10-18(11-13(3)4)14(5)15-7-8-16(19)17(9-15)20-6/h7-9,12-14,19H,10-11H2,1-6H3. The lowest BCUT2D eigenvalue weighted by Crippen LogP contribution is -2.33. The van der Waals surface area contributed by atoms with Crippen molar-refractivity contribution in [2.45, 2.75) is 40.7 Å². The highest BCUT2D eigenvalue weighted by atomic mass is 16.5. The quantitative estimate of drug-likeness (QED) is 0.816. The van der Waals surface area contributed by atoms with Gasteiger partial charge in [0.1, 0.15) is 0 Å². The fraction of sp³-hybridized carbons (Fsp3) is 0.647. The Balaban J connectivity index is 2.95. The van der Waals surface area contributed by atoms with E-state index in [1.54, 1.807) is 13.2 Å². The van der Waals surface area contributed by atoms with Crippen molar-refractivity contribution in [3.8, 4) is 11.5 Å². The largest absolute Gasteiger partial charge is 0.504 e. The van der Waals surface area contributed by atoms with E-state index < -0.39 is 0 Å². The van der Waals surface area contributed by atoms with Crippen LogP contribution in [0.2, 0.25) is 0 Å². The van der Waals surface area contributed by atoms with Gasteiger partial charge in [0.05, 0.1) is 7.11 Å². The summed E-state index contributed by atoms with van der Waals surface area (Å²) in [4.78, 5) is 2.50. The number of benzene rings is 1. The molecular formula is C17H29NO2. The zero-order valence-electron chi connectivity index (χ0n) is 13.7. The van der Waals surface area contributed by atoms with Gasteiger partial charge in [-0.3, -0.25) is 4.90 Å². The van der Waals surface area contributed by atoms with Gasteiger partial charge in [-0.15, -0.1) is 0 Å². The highest BCUT2D eigenvalue weighted by Gasteiger charge is 2.19. The molecule has 1 atom stereocenters. The predicted molar refractivity (Wildman–Crippen MR) is 84.3 cm³/mol. The minimum absolute atomic E-state index is 0.197. The Morgan fingerprint density at radius 1 is 1.05 bits per heavy atom. The van der Waals surface area contributed by atoms with Crippen LogP contribution in [0.3, 0.4) is 0 Å². The molecule has 0 fully saturated rings. The van der Waals surface area contributed by atoms with Crippen LogP contribution in [0.5, 0.6) is 11.5 Å². The molecule has 0 heterocycles. The summed E-state index contributed by atoms with van der Waals surface area (Å²) in [5, 5.41) is 9.71. The van der Waals surface area contributed by atoms with Crippen LogP contribution in [0.4, 0.5) is 0 Å². The first-order chi connectivity index (χ1) is 9.35. The summed E-state index contributed by atoms with van der Waals surface area (Å²) in [5.41, 5.74) is 1.18. The zero-order valence-corrected chi connectivity index (χ0v) is 13.7. The van der Waals surface area contributed by atoms with E-state index in [0.29, 0.717) is 23.6 Å². The molecule has 0 saturated heterocycles. The van der Waals surface area contributed by atoms with Gasteiger partial charge in [-0.1, -0.05) is 33.8 Å². The summed E-state index contributed by atoms with van der Waals surface area (Å²) >= 11 is 0. The van der Waals surface area contributed by atoms with E-state index in [1.807, 2.05) is 12.1 Å². The molecule has 0 saturated carbocycles. The summed E-state index contributed by atoms with van der Waals surface area (Å²) in [7, 11) is 1.59. The second-order valence-electron chi connectivity index (χ2n) is 6.35. The smallest absolute Gasteiger partial charge is 0.160 e. The average molecular weight is 279 g/mol. The Kier molecular flexibility index (Phi) is 6.34. The maximum absolute atomic E-state index is 9.71. The van der Waals surface area contributed by atoms with Crippen LogP contribution in [0.1, 0.15) is 46.2 Å². The van der Waals surface area contributed by atoms with E-state index in [2.05, 4.69) is 39.5 Å². The van der Waals surface area contributed by atoms with Gasteiger partial charge in [0.25, 0.3) is 0 Å². The van der Waals surface area contributed by atoms with Gasteiger partial charge in [0.15, 0.2) is 11.5 Å². The molecule has 0 radical (unpaired) electrons. The number of hydrogen-bond donors (Lipinski definition) is 1. The van der Waals surface area contributed by atoms with E-state index in [9.17, 15) is 5.11 Å². The molecule has 0 aromatic heterocycles. The van der Waals surface area contributed by atoms with Crippen molar-refractivity contribution in [1.29, 1.82) is 0 Å². The van der Waals surface area contributed by atoms with Crippen molar-refractivity contribution in [2.24, 2.45) is 11.8 Å². The van der Waals surface area contributed by atoms with Crippen molar-refractivity contribution < 1.29 is 9.84 Å². The van der Waals surface area contributed by atoms with Crippen molar-refractivity contribution in [1.82, 2.24) is 4.90 Å². The maximum Gasteiger partial charge on any atom is 0.160 e. The Labute approximate surface area is 123 Å². The molecule has 0 amide bonds. The molecule has 114 valence electrons. The first-order valence-corrected chi connectivity index (χ1v) is 7.46. The molecule has 1 aromatic rings. The Morgan fingerprint density at radius 3 is 2.05 bits per heavy atom. The van der Waals surface area contributed by atoms with Crippen LogP contribution in [0.25, 0.3) is 0 Å². The van der Waals surface area contributed by atoms with E-state index in [0.717, 1.165) is 13.1 Å². The molecule has 0 aliphatic carbocycles. The van der Waals surface area contributed by atoms with Gasteiger partial charge >= 0.3 is 0 Å². The van der Waals surface area contributed by atoms with Crippen LogP contribution in [0.15, 0.2) is 18.2 Å². The summed E-state index contributed by atoms with van der Waals surface area (Å²) < 4.78 is 5.21. The molecule has 0 bridgehead atoms. The van der Waals surface area contributed by atoms with Crippen LogP contribution >= 0.6 is 0 Å². The van der Waals surface area contributed by atoms with Crippen LogP contribution in [-0.2, 0) is 0 Å². The lowest BCUT2D eigenvalue weighted by Gasteiger charge is -2.32. The summed E-state index contributed by atoms with van der Waals surface area (Å²) in [6.45, 7) is 13.4. The van der Waals surface area contributed by atoms with Gasteiger partial charge in [-0.05, 0) is 36.5 Å². The number of nitrogens with zero attached hydrogens (tertiary/aromatic N) is 1. The van der Waals surface area contributed by atoms with Gasteiger partial charge in [0, 0.05) is 19.1 Å². The third kappa shape index (κ3) is 4.71. The second kappa shape index (κ2) is 7.53. The van der Waals surface area contributed by atoms with Crippen LogP contribution in [-0.4, -0.2) is 30.2 Å². The number of phenols is 1. The van der Waals surface area contributed by atoms with Gasteiger partial charge in [-0.25, -0.2) is 0 Å². The number of methoxy groups -OCH3 is 1. The normalized spacial score (nSPS) is 13.2. The molecular weight excluding hydrogens is 250 g/mol. The molecule has 3 nitrogen and oxygen atoms in total. The lowest BCUT2D eigenvalue weighted by atomic mass is 10.0. The lowest BCUT2D eigenvalue weighted by molar-refractivity contribution is 0.167. The molecule has 1 unspecified atom stereocenters. The number of aromatic hydroxyl groups is 1. The topological polar surface area (TPSA) is 32.7 Å². The van der Waals surface area contributed by atoms with E-state index in [-0.39, 0.29) is 5.75 Å². The second-order valence-corrected chi connectivity index (χ2v) is 6.35. The molecule has 3 heteroatoms. The molecule has 1 N–H and O–H groups in total. The molecule has 1 aromatic carbocycles. The van der Waals surface area contributed by atoms with Crippen molar-refractivity contribution in [2.75, 3.05) is 20.2 Å². The third-order valence-electron chi connectivity index (χ3n) is 3.43. The SMILES string of the molecule is COc1cc(C(C)N(CC(C)C)CC(C)C)ccc1O. The number of rotatable bonds is 7. The fourth-order valence-electron chi connectivity index (χ4n) is 2.49.